The molecule has 168 valence electrons. The van der Waals surface area contributed by atoms with Crippen molar-refractivity contribution >= 4 is 57.7 Å². The molecule has 1 saturated carbocycles. The van der Waals surface area contributed by atoms with Gasteiger partial charge in [0.1, 0.15) is 15.0 Å². The van der Waals surface area contributed by atoms with E-state index in [0.717, 1.165) is 36.1 Å². The Kier molecular flexibility index (Phi) is 6.40. The smallest absolute Gasteiger partial charge is 0.266 e. The molecule has 1 aliphatic heterocycles. The lowest BCUT2D eigenvalue weighted by molar-refractivity contribution is -0.124. The number of benzene rings is 1. The van der Waals surface area contributed by atoms with Gasteiger partial charge in [-0.05, 0) is 49.6 Å². The van der Waals surface area contributed by atoms with Crippen LogP contribution in [0.2, 0.25) is 0 Å². The van der Waals surface area contributed by atoms with Crippen LogP contribution in [0.1, 0.15) is 43.2 Å². The van der Waals surface area contributed by atoms with Crippen LogP contribution in [0, 0.1) is 6.92 Å². The molecule has 0 radical (unpaired) electrons. The van der Waals surface area contributed by atoms with Crippen molar-refractivity contribution in [1.29, 1.82) is 0 Å². The Hall–Kier alpha value is -2.42. The monoisotopic (exact) mass is 493 g/mol. The highest BCUT2D eigenvalue weighted by molar-refractivity contribution is 8.26. The van der Waals surface area contributed by atoms with Crippen molar-refractivity contribution in [2.45, 2.75) is 55.0 Å². The molecule has 0 atom stereocenters. The second-order valence-corrected chi connectivity index (χ2v) is 11.0. The number of nitrogens with zero attached hydrogens (tertiary/aromatic N) is 3. The van der Waals surface area contributed by atoms with Crippen molar-refractivity contribution in [3.05, 3.63) is 75.0 Å². The summed E-state index contributed by atoms with van der Waals surface area (Å²) in [5, 5.41) is 0.587. The summed E-state index contributed by atoms with van der Waals surface area (Å²) >= 11 is 8.30. The average molecular weight is 494 g/mol. The van der Waals surface area contributed by atoms with E-state index >= 15 is 0 Å². The predicted octanol–water partition coefficient (Wildman–Crippen LogP) is 5.69. The van der Waals surface area contributed by atoms with Crippen molar-refractivity contribution in [2.75, 3.05) is 0 Å². The molecule has 2 aromatic heterocycles. The molecule has 0 unspecified atom stereocenters. The van der Waals surface area contributed by atoms with E-state index in [9.17, 15) is 9.59 Å². The number of thioether (sulfide) groups is 1. The minimum Gasteiger partial charge on any atom is -0.290 e. The second-order valence-electron chi connectivity index (χ2n) is 8.28. The zero-order valence-electron chi connectivity index (χ0n) is 18.2. The third kappa shape index (κ3) is 4.39. The molecule has 0 N–H and O–H groups in total. The normalized spacial score (nSPS) is 18.6. The Balaban J connectivity index is 1.61. The fraction of sp³-hybridized carbons (Fsp3) is 0.280. The Morgan fingerprint density at radius 3 is 2.61 bits per heavy atom. The maximum Gasteiger partial charge on any atom is 0.266 e. The highest BCUT2D eigenvalue weighted by atomic mass is 32.2. The van der Waals surface area contributed by atoms with Gasteiger partial charge in [-0.1, -0.05) is 79.3 Å². The Labute approximate surface area is 206 Å². The fourth-order valence-electron chi connectivity index (χ4n) is 4.36. The summed E-state index contributed by atoms with van der Waals surface area (Å²) in [5.74, 6) is -0.0960. The van der Waals surface area contributed by atoms with Crippen LogP contribution in [0.5, 0.6) is 0 Å². The number of rotatable bonds is 4. The molecule has 2 aliphatic rings. The van der Waals surface area contributed by atoms with Crippen LogP contribution < -0.4 is 5.56 Å². The van der Waals surface area contributed by atoms with Gasteiger partial charge in [-0.15, -0.1) is 0 Å². The van der Waals surface area contributed by atoms with Crippen LogP contribution in [-0.2, 0) is 4.79 Å². The molecule has 3 aromatic rings. The summed E-state index contributed by atoms with van der Waals surface area (Å²) in [6, 6.07) is 13.8. The van der Waals surface area contributed by atoms with Gasteiger partial charge in [-0.3, -0.25) is 18.9 Å². The zero-order chi connectivity index (χ0) is 22.9. The van der Waals surface area contributed by atoms with Gasteiger partial charge in [0.15, 0.2) is 0 Å². The Morgan fingerprint density at radius 2 is 1.85 bits per heavy atom. The first kappa shape index (κ1) is 22.4. The van der Waals surface area contributed by atoms with Gasteiger partial charge in [-0.2, -0.15) is 0 Å². The van der Waals surface area contributed by atoms with Crippen LogP contribution >= 0.6 is 35.7 Å². The lowest BCUT2D eigenvalue weighted by atomic mass is 9.94. The topological polar surface area (TPSA) is 54.7 Å². The van der Waals surface area contributed by atoms with Gasteiger partial charge in [0.25, 0.3) is 11.5 Å². The number of aryl methyl sites for hydroxylation is 1. The van der Waals surface area contributed by atoms with Gasteiger partial charge < -0.3 is 0 Å². The third-order valence-electron chi connectivity index (χ3n) is 6.05. The fourth-order valence-corrected chi connectivity index (χ4v) is 6.65. The average Bonchev–Trinajstić information content (AvgIpc) is 3.11. The molecule has 1 amide bonds. The molecule has 5 rings (SSSR count). The van der Waals surface area contributed by atoms with Crippen LogP contribution in [0.3, 0.4) is 0 Å². The lowest BCUT2D eigenvalue weighted by Gasteiger charge is -2.29. The standard InChI is InChI=1S/C25H23N3O2S3/c1-16-9-8-14-27-21(16)26-22(32-18-12-6-3-7-13-18)19(23(27)29)15-20-24(30)28(25(31)33-20)17-10-4-2-5-11-17/h3,6-9,12-15,17H,2,4-5,10-11H2,1H3/b20-15+. The first-order chi connectivity index (χ1) is 16.0. The van der Waals surface area contributed by atoms with Crippen molar-refractivity contribution in [2.24, 2.45) is 0 Å². The van der Waals surface area contributed by atoms with E-state index in [1.165, 1.54) is 29.9 Å². The number of hydrogen-bond acceptors (Lipinski definition) is 6. The van der Waals surface area contributed by atoms with E-state index < -0.39 is 0 Å². The van der Waals surface area contributed by atoms with Crippen LogP contribution in [-0.4, -0.2) is 30.6 Å². The van der Waals surface area contributed by atoms with Gasteiger partial charge in [0, 0.05) is 17.1 Å². The molecular formula is C25H23N3O2S3. The van der Waals surface area contributed by atoms with E-state index in [1.54, 1.807) is 21.6 Å². The predicted molar refractivity (Wildman–Crippen MR) is 139 cm³/mol. The molecule has 0 spiro atoms. The molecule has 33 heavy (non-hydrogen) atoms. The summed E-state index contributed by atoms with van der Waals surface area (Å²) in [7, 11) is 0. The lowest BCUT2D eigenvalue weighted by Crippen LogP contribution is -2.39. The van der Waals surface area contributed by atoms with E-state index in [4.69, 9.17) is 17.2 Å². The number of aromatic nitrogens is 2. The quantitative estimate of drug-likeness (QED) is 0.264. The first-order valence-electron chi connectivity index (χ1n) is 11.0. The molecule has 2 fully saturated rings. The molecule has 3 heterocycles. The molecule has 1 saturated heterocycles. The maximum absolute atomic E-state index is 13.5. The maximum atomic E-state index is 13.5. The third-order valence-corrected chi connectivity index (χ3v) is 8.39. The van der Waals surface area contributed by atoms with Crippen LogP contribution in [0.25, 0.3) is 11.7 Å². The first-order valence-corrected chi connectivity index (χ1v) is 13.1. The van der Waals surface area contributed by atoms with Gasteiger partial charge in [0.05, 0.1) is 10.5 Å². The largest absolute Gasteiger partial charge is 0.290 e. The van der Waals surface area contributed by atoms with E-state index in [-0.39, 0.29) is 17.5 Å². The van der Waals surface area contributed by atoms with Crippen molar-refractivity contribution in [3.63, 3.8) is 0 Å². The number of pyridine rings is 1. The summed E-state index contributed by atoms with van der Waals surface area (Å²) < 4.78 is 2.14. The SMILES string of the molecule is Cc1cccn2c(=O)c(/C=C3/SC(=S)N(C4CCCCC4)C3=O)c(Sc3ccccc3)nc12. The van der Waals surface area contributed by atoms with Crippen molar-refractivity contribution in [3.8, 4) is 0 Å². The molecule has 5 nitrogen and oxygen atoms in total. The zero-order valence-corrected chi connectivity index (χ0v) is 20.6. The highest BCUT2D eigenvalue weighted by Gasteiger charge is 2.37. The summed E-state index contributed by atoms with van der Waals surface area (Å²) in [6.45, 7) is 1.94. The van der Waals surface area contributed by atoms with E-state index in [2.05, 4.69) is 0 Å². The molecule has 1 aromatic carbocycles. The van der Waals surface area contributed by atoms with Crippen molar-refractivity contribution < 1.29 is 4.79 Å². The molecule has 1 aliphatic carbocycles. The number of hydrogen-bond donors (Lipinski definition) is 0. The van der Waals surface area contributed by atoms with E-state index in [1.807, 2.05) is 49.4 Å². The van der Waals surface area contributed by atoms with Gasteiger partial charge >= 0.3 is 0 Å². The molecular weight excluding hydrogens is 470 g/mol. The van der Waals surface area contributed by atoms with Crippen molar-refractivity contribution in [1.82, 2.24) is 14.3 Å². The highest BCUT2D eigenvalue weighted by Crippen LogP contribution is 2.38. The molecule has 0 bridgehead atoms. The Morgan fingerprint density at radius 1 is 1.09 bits per heavy atom. The van der Waals surface area contributed by atoms with Gasteiger partial charge in [-0.25, -0.2) is 4.98 Å². The Bertz CT molecular complexity index is 1330. The number of fused-ring (bicyclic) bond motifs is 1. The minimum absolute atomic E-state index is 0.0960. The van der Waals surface area contributed by atoms with E-state index in [0.29, 0.717) is 25.5 Å². The number of carbonyl (C=O) groups excluding carboxylic acids is 1. The van der Waals surface area contributed by atoms with Crippen LogP contribution in [0.4, 0.5) is 0 Å². The summed E-state index contributed by atoms with van der Waals surface area (Å²) in [4.78, 5) is 35.0. The number of amides is 1. The number of thiocarbonyl (C=S) groups is 1. The molecule has 8 heteroatoms. The summed E-state index contributed by atoms with van der Waals surface area (Å²) in [6.07, 6.45) is 8.82. The second kappa shape index (κ2) is 9.44. The van der Waals surface area contributed by atoms with Gasteiger partial charge in [0.2, 0.25) is 0 Å². The minimum atomic E-state index is -0.190. The van der Waals surface area contributed by atoms with Crippen LogP contribution in [0.15, 0.2) is 68.3 Å². The number of carbonyl (C=O) groups is 1. The summed E-state index contributed by atoms with van der Waals surface area (Å²) in [5.41, 5.74) is 1.76.